The molecular formula is C16H29NO2S. The first-order valence-corrected chi connectivity index (χ1v) is 8.53. The van der Waals surface area contributed by atoms with Gasteiger partial charge in [-0.2, -0.15) is 12.6 Å². The van der Waals surface area contributed by atoms with Gasteiger partial charge in [-0.3, -0.25) is 14.5 Å². The Labute approximate surface area is 128 Å². The van der Waals surface area contributed by atoms with Gasteiger partial charge in [0.1, 0.15) is 0 Å². The lowest BCUT2D eigenvalue weighted by Crippen LogP contribution is -2.46. The van der Waals surface area contributed by atoms with E-state index in [9.17, 15) is 9.59 Å². The van der Waals surface area contributed by atoms with Crippen LogP contribution in [0.15, 0.2) is 0 Å². The predicted octanol–water partition coefficient (Wildman–Crippen LogP) is 3.82. The summed E-state index contributed by atoms with van der Waals surface area (Å²) in [4.78, 5) is 25.4. The maximum Gasteiger partial charge on any atom is 0.229 e. The van der Waals surface area contributed by atoms with Crippen LogP contribution in [0, 0.1) is 5.41 Å². The number of unbranched alkanes of at least 4 members (excludes halogenated alkanes) is 6. The Bertz CT molecular complexity index is 308. The highest BCUT2D eigenvalue weighted by Gasteiger charge is 2.36. The normalized spacial score (nSPS) is 18.6. The molecule has 3 nitrogen and oxygen atoms in total. The van der Waals surface area contributed by atoms with Crippen molar-refractivity contribution in [3.63, 3.8) is 0 Å². The second kappa shape index (κ2) is 8.71. The third-order valence-corrected chi connectivity index (χ3v) is 4.22. The van der Waals surface area contributed by atoms with Gasteiger partial charge in [0.15, 0.2) is 0 Å². The molecule has 20 heavy (non-hydrogen) atoms. The van der Waals surface area contributed by atoms with Gasteiger partial charge in [-0.05, 0) is 24.0 Å². The van der Waals surface area contributed by atoms with Crippen LogP contribution in [0.4, 0.5) is 0 Å². The molecule has 0 bridgehead atoms. The fraction of sp³-hybridized carbons (Fsp3) is 0.875. The molecule has 0 spiro atoms. The zero-order valence-corrected chi connectivity index (χ0v) is 13.9. The Balaban J connectivity index is 2.13. The van der Waals surface area contributed by atoms with Crippen LogP contribution in [0.1, 0.15) is 71.6 Å². The van der Waals surface area contributed by atoms with Crippen molar-refractivity contribution in [2.45, 2.75) is 71.6 Å². The molecule has 4 heteroatoms. The van der Waals surface area contributed by atoms with E-state index in [-0.39, 0.29) is 17.2 Å². The molecule has 0 aromatic heterocycles. The molecule has 1 saturated heterocycles. The quantitative estimate of drug-likeness (QED) is 0.399. The van der Waals surface area contributed by atoms with E-state index in [2.05, 4.69) is 12.6 Å². The Hall–Kier alpha value is -0.510. The highest BCUT2D eigenvalue weighted by molar-refractivity contribution is 7.80. The van der Waals surface area contributed by atoms with Gasteiger partial charge < -0.3 is 0 Å². The Morgan fingerprint density at radius 3 is 1.85 bits per heavy atom. The summed E-state index contributed by atoms with van der Waals surface area (Å²) >= 11 is 4.20. The van der Waals surface area contributed by atoms with Crippen molar-refractivity contribution in [3.8, 4) is 0 Å². The summed E-state index contributed by atoms with van der Waals surface area (Å²) in [5, 5.41) is 0. The fourth-order valence-electron chi connectivity index (χ4n) is 2.73. The van der Waals surface area contributed by atoms with E-state index in [1.165, 1.54) is 37.0 Å². The average Bonchev–Trinajstić information content (AvgIpc) is 2.34. The number of imide groups is 1. The number of nitrogens with zero attached hydrogens (tertiary/aromatic N) is 1. The van der Waals surface area contributed by atoms with E-state index in [0.29, 0.717) is 19.4 Å². The number of rotatable bonds is 9. The van der Waals surface area contributed by atoms with Gasteiger partial charge in [-0.25, -0.2) is 0 Å². The monoisotopic (exact) mass is 299 g/mol. The van der Waals surface area contributed by atoms with Gasteiger partial charge in [0.25, 0.3) is 0 Å². The highest BCUT2D eigenvalue weighted by Crippen LogP contribution is 2.31. The van der Waals surface area contributed by atoms with Crippen LogP contribution in [-0.4, -0.2) is 29.0 Å². The first-order chi connectivity index (χ1) is 9.46. The second-order valence-corrected chi connectivity index (χ2v) is 7.10. The summed E-state index contributed by atoms with van der Waals surface area (Å²) in [5.74, 6) is 1.01. The number of hydrogen-bond donors (Lipinski definition) is 1. The van der Waals surface area contributed by atoms with Crippen LogP contribution in [0.25, 0.3) is 0 Å². The minimum absolute atomic E-state index is 0.0139. The minimum Gasteiger partial charge on any atom is -0.283 e. The summed E-state index contributed by atoms with van der Waals surface area (Å²) in [6, 6.07) is 0. The van der Waals surface area contributed by atoms with Crippen LogP contribution < -0.4 is 0 Å². The largest absolute Gasteiger partial charge is 0.283 e. The van der Waals surface area contributed by atoms with Crippen LogP contribution in [0.5, 0.6) is 0 Å². The fourth-order valence-corrected chi connectivity index (χ4v) is 2.95. The van der Waals surface area contributed by atoms with Crippen molar-refractivity contribution < 1.29 is 9.59 Å². The Kier molecular flexibility index (Phi) is 7.63. The van der Waals surface area contributed by atoms with Crippen LogP contribution >= 0.6 is 12.6 Å². The number of hydrogen-bond acceptors (Lipinski definition) is 3. The molecule has 0 N–H and O–H groups in total. The summed E-state index contributed by atoms with van der Waals surface area (Å²) in [6.07, 6.45) is 9.27. The Morgan fingerprint density at radius 1 is 0.900 bits per heavy atom. The molecule has 0 aliphatic carbocycles. The summed E-state index contributed by atoms with van der Waals surface area (Å²) in [5.41, 5.74) is -0.155. The zero-order valence-electron chi connectivity index (χ0n) is 13.0. The number of likely N-dealkylation sites (tertiary alicyclic amines) is 1. The molecule has 0 radical (unpaired) electrons. The van der Waals surface area contributed by atoms with Gasteiger partial charge in [-0.1, -0.05) is 46.0 Å². The van der Waals surface area contributed by atoms with E-state index in [0.717, 1.165) is 18.6 Å². The third-order valence-electron chi connectivity index (χ3n) is 3.90. The summed E-state index contributed by atoms with van der Waals surface area (Å²) in [6.45, 7) is 4.60. The SMILES string of the molecule is CC1(C)CC(=O)N(CCCCCCCCCS)C(=O)C1. The minimum atomic E-state index is -0.155. The number of thiol groups is 1. The van der Waals surface area contributed by atoms with Gasteiger partial charge in [-0.15, -0.1) is 0 Å². The van der Waals surface area contributed by atoms with E-state index >= 15 is 0 Å². The van der Waals surface area contributed by atoms with Gasteiger partial charge in [0.2, 0.25) is 11.8 Å². The number of piperidine rings is 1. The highest BCUT2D eigenvalue weighted by atomic mass is 32.1. The third kappa shape index (κ3) is 6.29. The lowest BCUT2D eigenvalue weighted by atomic mass is 9.81. The molecule has 0 aromatic rings. The average molecular weight is 299 g/mol. The smallest absolute Gasteiger partial charge is 0.229 e. The topological polar surface area (TPSA) is 37.4 Å². The second-order valence-electron chi connectivity index (χ2n) is 6.66. The van der Waals surface area contributed by atoms with Crippen LogP contribution in [0.2, 0.25) is 0 Å². The van der Waals surface area contributed by atoms with Gasteiger partial charge >= 0.3 is 0 Å². The molecule has 0 saturated carbocycles. The van der Waals surface area contributed by atoms with Crippen LogP contribution in [0.3, 0.4) is 0 Å². The lowest BCUT2D eigenvalue weighted by molar-refractivity contribution is -0.152. The van der Waals surface area contributed by atoms with Gasteiger partial charge in [0.05, 0.1) is 0 Å². The van der Waals surface area contributed by atoms with Crippen molar-refractivity contribution in [2.24, 2.45) is 5.41 Å². The van der Waals surface area contributed by atoms with E-state index in [1.54, 1.807) is 0 Å². The maximum absolute atomic E-state index is 12.0. The van der Waals surface area contributed by atoms with E-state index in [1.807, 2.05) is 13.8 Å². The van der Waals surface area contributed by atoms with Crippen molar-refractivity contribution in [1.29, 1.82) is 0 Å². The molecule has 1 aliphatic rings. The zero-order chi connectivity index (χ0) is 15.0. The van der Waals surface area contributed by atoms with Crippen molar-refractivity contribution in [1.82, 2.24) is 4.90 Å². The molecule has 0 atom stereocenters. The maximum atomic E-state index is 12.0. The molecule has 2 amide bonds. The molecule has 1 rings (SSSR count). The standard InChI is InChI=1S/C16H29NO2S/c1-16(2)12-14(18)17(15(19)13-16)10-8-6-4-3-5-7-9-11-20/h20H,3-13H2,1-2H3. The summed E-state index contributed by atoms with van der Waals surface area (Å²) < 4.78 is 0. The lowest BCUT2D eigenvalue weighted by Gasteiger charge is -2.34. The molecule has 116 valence electrons. The number of carbonyl (C=O) groups is 2. The van der Waals surface area contributed by atoms with Crippen molar-refractivity contribution >= 4 is 24.4 Å². The first kappa shape index (κ1) is 17.5. The molecule has 1 heterocycles. The van der Waals surface area contributed by atoms with Crippen LogP contribution in [-0.2, 0) is 9.59 Å². The van der Waals surface area contributed by atoms with E-state index < -0.39 is 0 Å². The predicted molar refractivity (Wildman–Crippen MR) is 85.9 cm³/mol. The molecule has 0 unspecified atom stereocenters. The van der Waals surface area contributed by atoms with E-state index in [4.69, 9.17) is 0 Å². The molecule has 1 aliphatic heterocycles. The molecular weight excluding hydrogens is 270 g/mol. The number of carbonyl (C=O) groups excluding carboxylic acids is 2. The van der Waals surface area contributed by atoms with Gasteiger partial charge in [0, 0.05) is 19.4 Å². The molecule has 0 aromatic carbocycles. The molecule has 1 fully saturated rings. The Morgan fingerprint density at radius 2 is 1.35 bits per heavy atom. The first-order valence-electron chi connectivity index (χ1n) is 7.90. The van der Waals surface area contributed by atoms with Crippen molar-refractivity contribution in [3.05, 3.63) is 0 Å². The summed E-state index contributed by atoms with van der Waals surface area (Å²) in [7, 11) is 0. The number of amides is 2. The van der Waals surface area contributed by atoms with Crippen molar-refractivity contribution in [2.75, 3.05) is 12.3 Å².